The van der Waals surface area contributed by atoms with Crippen molar-refractivity contribution < 1.29 is 22.7 Å². The summed E-state index contributed by atoms with van der Waals surface area (Å²) in [7, 11) is 0. The van der Waals surface area contributed by atoms with Gasteiger partial charge in [-0.15, -0.1) is 5.10 Å². The van der Waals surface area contributed by atoms with Crippen molar-refractivity contribution in [2.45, 2.75) is 12.6 Å². The fraction of sp³-hybridized carbons (Fsp3) is 0.214. The van der Waals surface area contributed by atoms with Crippen LogP contribution in [0.3, 0.4) is 0 Å². The van der Waals surface area contributed by atoms with Crippen LogP contribution in [0.25, 0.3) is 11.5 Å². The van der Waals surface area contributed by atoms with Gasteiger partial charge in [-0.05, 0) is 17.7 Å². The Kier molecular flexibility index (Phi) is 6.38. The number of hydrogen-bond donors (Lipinski definition) is 1. The molecule has 0 radical (unpaired) electrons. The Bertz CT molecular complexity index is 1490. The number of aliphatic imine (C=N–C) groups is 1. The van der Waals surface area contributed by atoms with E-state index in [1.54, 1.807) is 0 Å². The Labute approximate surface area is 217 Å². The number of carbonyl (C=O) groups is 1. The fourth-order valence-corrected chi connectivity index (χ4v) is 4.67. The van der Waals surface area contributed by atoms with E-state index in [1.165, 1.54) is 12.1 Å². The third kappa shape index (κ3) is 4.66. The number of nitrogens with one attached hydrogen (secondary N) is 1. The van der Waals surface area contributed by atoms with Crippen LogP contribution in [0.4, 0.5) is 20.5 Å². The van der Waals surface area contributed by atoms with Gasteiger partial charge >= 0.3 is 6.01 Å². The largest absolute Gasteiger partial charge is 0.403 e. The zero-order valence-electron chi connectivity index (χ0n) is 20.2. The van der Waals surface area contributed by atoms with E-state index in [4.69, 9.17) is 14.1 Å². The molecule has 2 aliphatic rings. The maximum Gasteiger partial charge on any atom is 0.317 e. The maximum absolute atomic E-state index is 15.0. The number of aromatic nitrogens is 2. The lowest BCUT2D eigenvalue weighted by Crippen LogP contribution is -2.36. The molecular weight excluding hydrogens is 492 g/mol. The summed E-state index contributed by atoms with van der Waals surface area (Å²) < 4.78 is 40.9. The summed E-state index contributed by atoms with van der Waals surface area (Å²) in [5.41, 5.74) is 3.16. The minimum Gasteiger partial charge on any atom is -0.403 e. The third-order valence-corrected chi connectivity index (χ3v) is 6.55. The molecule has 8 nitrogen and oxygen atoms in total. The van der Waals surface area contributed by atoms with E-state index < -0.39 is 23.4 Å². The van der Waals surface area contributed by atoms with Crippen LogP contribution in [0.15, 0.2) is 76.1 Å². The van der Waals surface area contributed by atoms with Crippen molar-refractivity contribution in [1.82, 2.24) is 10.2 Å². The van der Waals surface area contributed by atoms with Gasteiger partial charge in [0.2, 0.25) is 0 Å². The molecule has 1 aromatic heterocycles. The van der Waals surface area contributed by atoms with Gasteiger partial charge in [-0.25, -0.2) is 8.78 Å². The number of halogens is 2. The average molecular weight is 516 g/mol. The highest BCUT2D eigenvalue weighted by Crippen LogP contribution is 2.31. The highest BCUT2D eigenvalue weighted by Gasteiger charge is 2.28. The zero-order chi connectivity index (χ0) is 26.1. The number of Topliss-reactive ketones (excluding diaryl/α,β-unsaturated/α-hetero) is 1. The highest BCUT2D eigenvalue weighted by atomic mass is 19.1. The monoisotopic (exact) mass is 515 g/mol. The molecule has 3 aromatic carbocycles. The molecule has 1 N–H and O–H groups in total. The van der Waals surface area contributed by atoms with Crippen molar-refractivity contribution in [2.75, 3.05) is 36.5 Å². The summed E-state index contributed by atoms with van der Waals surface area (Å²) in [5.74, 6) is -2.21. The molecule has 0 saturated carbocycles. The third-order valence-electron chi connectivity index (χ3n) is 6.55. The van der Waals surface area contributed by atoms with Gasteiger partial charge in [-0.1, -0.05) is 59.7 Å². The molecule has 4 aromatic rings. The number of morpholine rings is 1. The van der Waals surface area contributed by atoms with Crippen molar-refractivity contribution in [3.63, 3.8) is 0 Å². The molecule has 192 valence electrons. The summed E-state index contributed by atoms with van der Waals surface area (Å²) in [6.45, 7) is 2.06. The van der Waals surface area contributed by atoms with Crippen LogP contribution in [0.1, 0.15) is 16.7 Å². The molecule has 3 heterocycles. The molecule has 2 aliphatic heterocycles. The molecule has 0 amide bonds. The lowest BCUT2D eigenvalue weighted by Gasteiger charge is -2.29. The van der Waals surface area contributed by atoms with Gasteiger partial charge < -0.3 is 19.4 Å². The number of anilines is 2. The summed E-state index contributed by atoms with van der Waals surface area (Å²) in [6.07, 6.45) is -0.898. The van der Waals surface area contributed by atoms with Crippen molar-refractivity contribution in [2.24, 2.45) is 4.99 Å². The highest BCUT2D eigenvalue weighted by molar-refractivity contribution is 6.16. The van der Waals surface area contributed by atoms with Crippen LogP contribution in [0, 0.1) is 11.6 Å². The summed E-state index contributed by atoms with van der Waals surface area (Å²) in [4.78, 5) is 19.7. The number of fused-ring (bicyclic) bond motifs is 1. The van der Waals surface area contributed by atoms with E-state index in [2.05, 4.69) is 15.5 Å². The Morgan fingerprint density at radius 2 is 1.63 bits per heavy atom. The van der Waals surface area contributed by atoms with E-state index >= 15 is 8.78 Å². The number of ketones is 1. The number of nitrogens with zero attached hydrogens (tertiary/aromatic N) is 4. The second-order valence-electron chi connectivity index (χ2n) is 8.99. The van der Waals surface area contributed by atoms with Crippen LogP contribution in [-0.4, -0.2) is 54.2 Å². The molecule has 0 bridgehead atoms. The van der Waals surface area contributed by atoms with Gasteiger partial charge in [0.1, 0.15) is 17.2 Å². The summed E-state index contributed by atoms with van der Waals surface area (Å²) >= 11 is 0. The number of carbonyl (C=O) groups excluding carboxylic acids is 1. The molecule has 0 spiro atoms. The first-order valence-electron chi connectivity index (χ1n) is 12.2. The van der Waals surface area contributed by atoms with Gasteiger partial charge in [-0.2, -0.15) is 0 Å². The van der Waals surface area contributed by atoms with E-state index in [1.807, 2.05) is 59.5 Å². The SMILES string of the molecule is O=C1Cc2ccccc2C(c2ccccc2)=NC1Nc1nnc(-c2c(F)cc(N3CCOCC3)cc2F)o1. The lowest BCUT2D eigenvalue weighted by molar-refractivity contribution is -0.119. The Hall–Kier alpha value is -4.44. The number of benzene rings is 3. The van der Waals surface area contributed by atoms with Gasteiger partial charge in [0.15, 0.2) is 11.9 Å². The predicted molar refractivity (Wildman–Crippen MR) is 137 cm³/mol. The summed E-state index contributed by atoms with van der Waals surface area (Å²) in [6, 6.07) is 19.4. The predicted octanol–water partition coefficient (Wildman–Crippen LogP) is 4.25. The fourth-order valence-electron chi connectivity index (χ4n) is 4.67. The van der Waals surface area contributed by atoms with E-state index in [0.29, 0.717) is 37.7 Å². The topological polar surface area (TPSA) is 92.9 Å². The van der Waals surface area contributed by atoms with Gasteiger partial charge in [0.25, 0.3) is 5.89 Å². The Morgan fingerprint density at radius 3 is 2.39 bits per heavy atom. The quantitative estimate of drug-likeness (QED) is 0.425. The van der Waals surface area contributed by atoms with E-state index in [-0.39, 0.29) is 24.1 Å². The number of ether oxygens (including phenoxy) is 1. The molecular formula is C28H23F2N5O3. The molecule has 10 heteroatoms. The molecule has 1 fully saturated rings. The van der Waals surface area contributed by atoms with Crippen LogP contribution in [0.2, 0.25) is 0 Å². The first kappa shape index (κ1) is 23.9. The normalized spacial score (nSPS) is 17.5. The first-order chi connectivity index (χ1) is 18.6. The molecule has 1 atom stereocenters. The molecule has 1 saturated heterocycles. The Balaban J connectivity index is 1.30. The summed E-state index contributed by atoms with van der Waals surface area (Å²) in [5, 5.41) is 10.6. The van der Waals surface area contributed by atoms with E-state index in [0.717, 1.165) is 16.7 Å². The minimum absolute atomic E-state index is 0.140. The smallest absolute Gasteiger partial charge is 0.317 e. The van der Waals surface area contributed by atoms with Gasteiger partial charge in [0, 0.05) is 36.3 Å². The second kappa shape index (κ2) is 10.1. The zero-order valence-corrected chi connectivity index (χ0v) is 20.2. The standard InChI is InChI=1S/C28H23F2N5O3/c29-21-15-19(35-10-12-37-13-11-35)16-22(30)24(21)27-33-34-28(38-27)32-26-23(36)14-18-8-4-5-9-20(18)25(31-26)17-6-2-1-3-7-17/h1-9,15-16,26H,10-14H2,(H,32,34). The minimum atomic E-state index is -1.04. The second-order valence-corrected chi connectivity index (χ2v) is 8.99. The maximum atomic E-state index is 15.0. The first-order valence-corrected chi connectivity index (χ1v) is 12.2. The van der Waals surface area contributed by atoms with E-state index in [9.17, 15) is 4.79 Å². The van der Waals surface area contributed by atoms with Crippen molar-refractivity contribution in [3.8, 4) is 11.5 Å². The van der Waals surface area contributed by atoms with Crippen LogP contribution < -0.4 is 10.2 Å². The van der Waals surface area contributed by atoms with Crippen molar-refractivity contribution in [3.05, 3.63) is 95.1 Å². The number of rotatable bonds is 5. The van der Waals surface area contributed by atoms with Gasteiger partial charge in [0.05, 0.1) is 18.9 Å². The van der Waals surface area contributed by atoms with Crippen molar-refractivity contribution >= 4 is 23.2 Å². The molecule has 1 unspecified atom stereocenters. The number of hydrogen-bond acceptors (Lipinski definition) is 8. The van der Waals surface area contributed by atoms with Crippen LogP contribution >= 0.6 is 0 Å². The molecule has 38 heavy (non-hydrogen) atoms. The van der Waals surface area contributed by atoms with Crippen LogP contribution in [0.5, 0.6) is 0 Å². The average Bonchev–Trinajstić information content (AvgIpc) is 3.34. The van der Waals surface area contributed by atoms with Crippen molar-refractivity contribution in [1.29, 1.82) is 0 Å². The molecule has 0 aliphatic carbocycles. The van der Waals surface area contributed by atoms with Crippen LogP contribution in [-0.2, 0) is 16.0 Å². The lowest BCUT2D eigenvalue weighted by atomic mass is 9.96. The van der Waals surface area contributed by atoms with Gasteiger partial charge in [-0.3, -0.25) is 9.79 Å². The molecule has 6 rings (SSSR count). The Morgan fingerprint density at radius 1 is 0.921 bits per heavy atom.